The van der Waals surface area contributed by atoms with E-state index in [-0.39, 0.29) is 11.5 Å². The number of hydrogen-bond donors (Lipinski definition) is 0. The fraction of sp³-hybridized carbons (Fsp3) is 0.286. The number of rotatable bonds is 8. The normalized spacial score (nSPS) is 12.2. The third-order valence-electron chi connectivity index (χ3n) is 4.43. The average molecular weight is 417 g/mol. The molecule has 152 valence electrons. The van der Waals surface area contributed by atoms with Crippen molar-refractivity contribution in [3.05, 3.63) is 59.7 Å². The molecule has 8 heteroatoms. The number of nitrogens with zero attached hydrogens (tertiary/aromatic N) is 3. The first-order valence-electron chi connectivity index (χ1n) is 9.15. The predicted octanol–water partition coefficient (Wildman–Crippen LogP) is 5.24. The SMILES string of the molecule is CCn1c(S[C@@H](C)C(=O)c2ccc(OC(F)F)cc2)nnc1-c1ccccc1C. The van der Waals surface area contributed by atoms with Crippen LogP contribution in [-0.2, 0) is 6.54 Å². The van der Waals surface area contributed by atoms with E-state index in [2.05, 4.69) is 14.9 Å². The van der Waals surface area contributed by atoms with Gasteiger partial charge >= 0.3 is 6.61 Å². The lowest BCUT2D eigenvalue weighted by atomic mass is 10.1. The quantitative estimate of drug-likeness (QED) is 0.371. The van der Waals surface area contributed by atoms with Gasteiger partial charge in [-0.2, -0.15) is 8.78 Å². The number of Topliss-reactive ketones (excluding diaryl/α,β-unsaturated/α-hetero) is 1. The second-order valence-corrected chi connectivity index (χ2v) is 7.70. The summed E-state index contributed by atoms with van der Waals surface area (Å²) in [6, 6.07) is 13.6. The highest BCUT2D eigenvalue weighted by molar-refractivity contribution is 8.00. The minimum atomic E-state index is -2.89. The molecule has 0 fully saturated rings. The van der Waals surface area contributed by atoms with E-state index in [9.17, 15) is 13.6 Å². The zero-order chi connectivity index (χ0) is 21.0. The Morgan fingerprint density at radius 2 is 1.83 bits per heavy atom. The third kappa shape index (κ3) is 4.82. The highest BCUT2D eigenvalue weighted by Gasteiger charge is 2.22. The molecule has 0 N–H and O–H groups in total. The summed E-state index contributed by atoms with van der Waals surface area (Å²) in [5.74, 6) is 0.661. The predicted molar refractivity (Wildman–Crippen MR) is 109 cm³/mol. The van der Waals surface area contributed by atoms with Crippen molar-refractivity contribution in [2.24, 2.45) is 0 Å². The van der Waals surface area contributed by atoms with Crippen molar-refractivity contribution in [3.63, 3.8) is 0 Å². The number of aryl methyl sites for hydroxylation is 1. The van der Waals surface area contributed by atoms with Crippen molar-refractivity contribution in [2.45, 2.75) is 44.3 Å². The van der Waals surface area contributed by atoms with Crippen molar-refractivity contribution in [3.8, 4) is 17.1 Å². The molecule has 0 radical (unpaired) electrons. The van der Waals surface area contributed by atoms with Crippen LogP contribution in [0, 0.1) is 6.92 Å². The minimum absolute atomic E-state index is 0.0189. The summed E-state index contributed by atoms with van der Waals surface area (Å²) in [4.78, 5) is 12.7. The van der Waals surface area contributed by atoms with Gasteiger partial charge in [-0.15, -0.1) is 10.2 Å². The zero-order valence-corrected chi connectivity index (χ0v) is 17.1. The molecule has 2 aromatic carbocycles. The summed E-state index contributed by atoms with van der Waals surface area (Å²) in [5, 5.41) is 8.86. The number of benzene rings is 2. The Hall–Kier alpha value is -2.74. The lowest BCUT2D eigenvalue weighted by Gasteiger charge is -2.13. The Morgan fingerprint density at radius 1 is 1.14 bits per heavy atom. The maximum absolute atomic E-state index is 12.7. The second-order valence-electron chi connectivity index (χ2n) is 6.39. The molecular weight excluding hydrogens is 396 g/mol. The minimum Gasteiger partial charge on any atom is -0.435 e. The van der Waals surface area contributed by atoms with Crippen LogP contribution in [0.2, 0.25) is 0 Å². The van der Waals surface area contributed by atoms with Gasteiger partial charge in [-0.05, 0) is 50.6 Å². The number of carbonyl (C=O) groups is 1. The zero-order valence-electron chi connectivity index (χ0n) is 16.3. The van der Waals surface area contributed by atoms with Crippen LogP contribution in [0.3, 0.4) is 0 Å². The number of halogens is 2. The summed E-state index contributed by atoms with van der Waals surface area (Å²) in [7, 11) is 0. The molecule has 1 atom stereocenters. The number of aromatic nitrogens is 3. The molecule has 0 aliphatic heterocycles. The lowest BCUT2D eigenvalue weighted by molar-refractivity contribution is -0.0498. The topological polar surface area (TPSA) is 57.0 Å². The molecule has 0 aliphatic rings. The first kappa shape index (κ1) is 21.0. The molecule has 0 saturated carbocycles. The smallest absolute Gasteiger partial charge is 0.387 e. The Labute approximate surface area is 172 Å². The van der Waals surface area contributed by atoms with Crippen LogP contribution in [0.15, 0.2) is 53.7 Å². The number of alkyl halides is 2. The van der Waals surface area contributed by atoms with Gasteiger partial charge in [0.1, 0.15) is 5.75 Å². The van der Waals surface area contributed by atoms with E-state index >= 15 is 0 Å². The molecule has 29 heavy (non-hydrogen) atoms. The third-order valence-corrected chi connectivity index (χ3v) is 5.51. The van der Waals surface area contributed by atoms with E-state index in [0.717, 1.165) is 17.0 Å². The Balaban J connectivity index is 1.77. The van der Waals surface area contributed by atoms with Crippen LogP contribution in [0.25, 0.3) is 11.4 Å². The van der Waals surface area contributed by atoms with Crippen molar-refractivity contribution in [1.82, 2.24) is 14.8 Å². The van der Waals surface area contributed by atoms with Gasteiger partial charge in [-0.1, -0.05) is 36.0 Å². The standard InChI is InChI=1S/C21H21F2N3O2S/c1-4-26-19(17-8-6-5-7-13(17)2)24-25-21(26)29-14(3)18(27)15-9-11-16(12-10-15)28-20(22)23/h5-12,14,20H,4H2,1-3H3/t14-/m0/s1. The second kappa shape index (κ2) is 9.17. The summed E-state index contributed by atoms with van der Waals surface area (Å²) in [6.07, 6.45) is 0. The maximum atomic E-state index is 12.7. The fourth-order valence-corrected chi connectivity index (χ4v) is 3.92. The van der Waals surface area contributed by atoms with Gasteiger partial charge in [-0.3, -0.25) is 4.79 Å². The molecule has 5 nitrogen and oxygen atoms in total. The van der Waals surface area contributed by atoms with Crippen LogP contribution < -0.4 is 4.74 Å². The van der Waals surface area contributed by atoms with Crippen molar-refractivity contribution in [1.29, 1.82) is 0 Å². The van der Waals surface area contributed by atoms with E-state index in [4.69, 9.17) is 0 Å². The van der Waals surface area contributed by atoms with E-state index in [1.807, 2.05) is 42.7 Å². The van der Waals surface area contributed by atoms with E-state index in [0.29, 0.717) is 17.3 Å². The van der Waals surface area contributed by atoms with Gasteiger partial charge in [0, 0.05) is 17.7 Å². The van der Waals surface area contributed by atoms with Crippen molar-refractivity contribution >= 4 is 17.5 Å². The monoisotopic (exact) mass is 417 g/mol. The highest BCUT2D eigenvalue weighted by atomic mass is 32.2. The number of hydrogen-bond acceptors (Lipinski definition) is 5. The van der Waals surface area contributed by atoms with Crippen molar-refractivity contribution < 1.29 is 18.3 Å². The number of carbonyl (C=O) groups excluding carboxylic acids is 1. The van der Waals surface area contributed by atoms with Crippen LogP contribution in [0.4, 0.5) is 8.78 Å². The Bertz CT molecular complexity index is 990. The molecule has 1 heterocycles. The van der Waals surface area contributed by atoms with E-state index in [1.54, 1.807) is 6.92 Å². The van der Waals surface area contributed by atoms with Crippen LogP contribution in [0.1, 0.15) is 29.8 Å². The number of ether oxygens (including phenoxy) is 1. The summed E-state index contributed by atoms with van der Waals surface area (Å²) in [5.41, 5.74) is 2.52. The van der Waals surface area contributed by atoms with Gasteiger partial charge in [-0.25, -0.2) is 0 Å². The molecule has 0 unspecified atom stereocenters. The van der Waals surface area contributed by atoms with Crippen LogP contribution in [0.5, 0.6) is 5.75 Å². The molecule has 0 bridgehead atoms. The summed E-state index contributed by atoms with van der Waals surface area (Å²) >= 11 is 1.32. The van der Waals surface area contributed by atoms with Crippen LogP contribution in [-0.4, -0.2) is 32.4 Å². The van der Waals surface area contributed by atoms with Gasteiger partial charge in [0.05, 0.1) is 5.25 Å². The van der Waals surface area contributed by atoms with Gasteiger partial charge in [0.25, 0.3) is 0 Å². The molecule has 0 spiro atoms. The molecule has 0 amide bonds. The average Bonchev–Trinajstić information content (AvgIpc) is 3.10. The first-order valence-corrected chi connectivity index (χ1v) is 10.0. The van der Waals surface area contributed by atoms with Gasteiger partial charge in [0.15, 0.2) is 16.8 Å². The van der Waals surface area contributed by atoms with Gasteiger partial charge in [0.2, 0.25) is 0 Å². The summed E-state index contributed by atoms with van der Waals surface area (Å²) in [6.45, 7) is 3.58. The lowest BCUT2D eigenvalue weighted by Crippen LogP contribution is -2.15. The van der Waals surface area contributed by atoms with Crippen molar-refractivity contribution in [2.75, 3.05) is 0 Å². The molecular formula is C21H21F2N3O2S. The van der Waals surface area contributed by atoms with E-state index < -0.39 is 11.9 Å². The Morgan fingerprint density at radius 3 is 2.45 bits per heavy atom. The number of thioether (sulfide) groups is 1. The highest BCUT2D eigenvalue weighted by Crippen LogP contribution is 2.29. The molecule has 3 rings (SSSR count). The molecule has 1 aromatic heterocycles. The molecule has 0 aliphatic carbocycles. The molecule has 0 saturated heterocycles. The largest absolute Gasteiger partial charge is 0.435 e. The van der Waals surface area contributed by atoms with Crippen LogP contribution >= 0.6 is 11.8 Å². The van der Waals surface area contributed by atoms with E-state index in [1.165, 1.54) is 36.0 Å². The first-order chi connectivity index (χ1) is 13.9. The van der Waals surface area contributed by atoms with Gasteiger partial charge < -0.3 is 9.30 Å². The maximum Gasteiger partial charge on any atom is 0.387 e. The Kier molecular flexibility index (Phi) is 6.64. The summed E-state index contributed by atoms with van der Waals surface area (Å²) < 4.78 is 30.8. The molecule has 3 aromatic rings. The number of ketones is 1. The fourth-order valence-electron chi connectivity index (χ4n) is 2.93.